The molecule has 21 heavy (non-hydrogen) atoms. The van der Waals surface area contributed by atoms with Crippen LogP contribution in [0.5, 0.6) is 0 Å². The van der Waals surface area contributed by atoms with Crippen molar-refractivity contribution in [1.29, 1.82) is 0 Å². The van der Waals surface area contributed by atoms with Crippen LogP contribution in [-0.2, 0) is 4.79 Å². The quantitative estimate of drug-likeness (QED) is 0.463. The van der Waals surface area contributed by atoms with Crippen molar-refractivity contribution in [3.05, 3.63) is 46.7 Å². The minimum Gasteiger partial charge on any atom is -0.298 e. The molecule has 0 saturated heterocycles. The molecule has 0 saturated carbocycles. The molecular weight excluding hydrogens is 267 g/mol. The molecule has 1 aromatic rings. The lowest BCUT2D eigenvalue weighted by molar-refractivity contribution is -0.104. The Morgan fingerprint density at radius 1 is 1.29 bits per heavy atom. The van der Waals surface area contributed by atoms with Gasteiger partial charge in [0.05, 0.1) is 11.3 Å². The van der Waals surface area contributed by atoms with E-state index in [2.05, 4.69) is 9.98 Å². The molecule has 1 unspecified atom stereocenters. The molecule has 1 rings (SSSR count). The Kier molecular flexibility index (Phi) is 6.15. The Hall–Kier alpha value is -2.10. The minimum absolute atomic E-state index is 0.324. The third-order valence-corrected chi connectivity index (χ3v) is 3.39. The Bertz CT molecular complexity index is 613. The van der Waals surface area contributed by atoms with Crippen LogP contribution in [0.4, 0.5) is 4.39 Å². The van der Waals surface area contributed by atoms with Crippen LogP contribution in [-0.4, -0.2) is 30.9 Å². The molecule has 0 spiro atoms. The largest absolute Gasteiger partial charge is 0.298 e. The van der Waals surface area contributed by atoms with Gasteiger partial charge in [0.15, 0.2) is 6.29 Å². The maximum Gasteiger partial charge on any atom is 0.153 e. The van der Waals surface area contributed by atoms with E-state index in [4.69, 9.17) is 0 Å². The number of carbonyl (C=O) groups excluding carboxylic acids is 1. The van der Waals surface area contributed by atoms with Crippen LogP contribution in [0.25, 0.3) is 0 Å². The van der Waals surface area contributed by atoms with Crippen molar-refractivity contribution in [3.63, 3.8) is 0 Å². The molecule has 0 aliphatic carbocycles. The second-order valence-electron chi connectivity index (χ2n) is 4.96. The van der Waals surface area contributed by atoms with Gasteiger partial charge in [0, 0.05) is 24.5 Å². The second kappa shape index (κ2) is 7.62. The topological polar surface area (TPSA) is 41.8 Å². The van der Waals surface area contributed by atoms with Crippen LogP contribution in [0.2, 0.25) is 0 Å². The molecule has 1 atom stereocenters. The van der Waals surface area contributed by atoms with Crippen LogP contribution in [0.1, 0.15) is 30.5 Å². The Morgan fingerprint density at radius 3 is 2.43 bits per heavy atom. The molecule has 0 aliphatic rings. The van der Waals surface area contributed by atoms with Gasteiger partial charge in [0.25, 0.3) is 0 Å². The molecule has 0 radical (unpaired) electrons. The van der Waals surface area contributed by atoms with Gasteiger partial charge in [-0.05, 0) is 44.9 Å². The summed E-state index contributed by atoms with van der Waals surface area (Å²) < 4.78 is 13.1. The fourth-order valence-electron chi connectivity index (χ4n) is 1.74. The first-order valence-corrected chi connectivity index (χ1v) is 6.79. The Labute approximate surface area is 125 Å². The number of hydrogen-bond donors (Lipinski definition) is 0. The Morgan fingerprint density at radius 2 is 1.95 bits per heavy atom. The minimum atomic E-state index is -1.14. The summed E-state index contributed by atoms with van der Waals surface area (Å²) in [7, 11) is 1.62. The highest BCUT2D eigenvalue weighted by Crippen LogP contribution is 2.14. The normalized spacial score (nSPS) is 15.0. The lowest BCUT2D eigenvalue weighted by Crippen LogP contribution is -2.09. The third-order valence-electron chi connectivity index (χ3n) is 3.39. The maximum atomic E-state index is 13.1. The number of aryl methyl sites for hydroxylation is 2. The summed E-state index contributed by atoms with van der Waals surface area (Å²) in [6, 6.07) is 5.87. The number of halogens is 1. The van der Waals surface area contributed by atoms with Gasteiger partial charge in [-0.15, -0.1) is 0 Å². The molecule has 0 bridgehead atoms. The van der Waals surface area contributed by atoms with Crippen LogP contribution in [0.15, 0.2) is 40.0 Å². The summed E-state index contributed by atoms with van der Waals surface area (Å²) in [5, 5.41) is 0. The predicted molar refractivity (Wildman–Crippen MR) is 86.2 cm³/mol. The molecule has 0 aromatic heterocycles. The van der Waals surface area contributed by atoms with Crippen LogP contribution in [0.3, 0.4) is 0 Å². The standard InChI is InChI=1S/C17H21FN2O/c1-11-6-7-15(8-12(11)2)17(19-5)16(10-21)9-20-14(4)13(3)18/h6-10,13H,1-5H3/b16-9-,19-17-,20-14+. The number of aliphatic imine (C=N–C) groups is 2. The zero-order valence-corrected chi connectivity index (χ0v) is 13.1. The van der Waals surface area contributed by atoms with Crippen molar-refractivity contribution < 1.29 is 9.18 Å². The van der Waals surface area contributed by atoms with Crippen molar-refractivity contribution in [3.8, 4) is 0 Å². The number of alkyl halides is 1. The number of carbonyl (C=O) groups is 1. The lowest BCUT2D eigenvalue weighted by atomic mass is 9.99. The molecule has 3 nitrogen and oxygen atoms in total. The number of allylic oxidation sites excluding steroid dienone is 1. The summed E-state index contributed by atoms with van der Waals surface area (Å²) in [6.45, 7) is 7.02. The van der Waals surface area contributed by atoms with E-state index in [9.17, 15) is 9.18 Å². The van der Waals surface area contributed by atoms with Gasteiger partial charge in [-0.1, -0.05) is 12.1 Å². The highest BCUT2D eigenvalue weighted by molar-refractivity contribution is 6.23. The van der Waals surface area contributed by atoms with Crippen molar-refractivity contribution >= 4 is 17.7 Å². The monoisotopic (exact) mass is 288 g/mol. The van der Waals surface area contributed by atoms with Gasteiger partial charge in [0.2, 0.25) is 0 Å². The second-order valence-corrected chi connectivity index (χ2v) is 4.96. The zero-order valence-electron chi connectivity index (χ0n) is 13.1. The third kappa shape index (κ3) is 4.45. The smallest absolute Gasteiger partial charge is 0.153 e. The van der Waals surface area contributed by atoms with Crippen molar-refractivity contribution in [2.45, 2.75) is 33.9 Å². The summed E-state index contributed by atoms with van der Waals surface area (Å²) in [6.07, 6.45) is 0.922. The van der Waals surface area contributed by atoms with E-state index in [1.165, 1.54) is 18.7 Å². The molecule has 0 heterocycles. The van der Waals surface area contributed by atoms with E-state index in [0.717, 1.165) is 11.1 Å². The number of aldehydes is 1. The summed E-state index contributed by atoms with van der Waals surface area (Å²) in [5.74, 6) is 0. The molecule has 0 aliphatic heterocycles. The van der Waals surface area contributed by atoms with Gasteiger partial charge in [-0.3, -0.25) is 14.8 Å². The molecule has 112 valence electrons. The van der Waals surface area contributed by atoms with Crippen molar-refractivity contribution in [2.24, 2.45) is 9.98 Å². The van der Waals surface area contributed by atoms with E-state index >= 15 is 0 Å². The molecule has 0 N–H and O–H groups in total. The fraction of sp³-hybridized carbons (Fsp3) is 0.353. The fourth-order valence-corrected chi connectivity index (χ4v) is 1.74. The van der Waals surface area contributed by atoms with Gasteiger partial charge in [-0.2, -0.15) is 0 Å². The first-order chi connectivity index (χ1) is 9.90. The maximum absolute atomic E-state index is 13.1. The van der Waals surface area contributed by atoms with Crippen molar-refractivity contribution in [2.75, 3.05) is 7.05 Å². The van der Waals surface area contributed by atoms with E-state index in [1.807, 2.05) is 32.0 Å². The molecule has 0 amide bonds. The van der Waals surface area contributed by atoms with Crippen LogP contribution < -0.4 is 0 Å². The summed E-state index contributed by atoms with van der Waals surface area (Å²) in [4.78, 5) is 19.5. The Balaban J connectivity index is 3.23. The van der Waals surface area contributed by atoms with Gasteiger partial charge in [-0.25, -0.2) is 4.39 Å². The summed E-state index contributed by atoms with van der Waals surface area (Å²) in [5.41, 5.74) is 4.35. The SMILES string of the molecule is C\N=C(/C(C=O)=C\N=C(/C)C(C)F)c1ccc(C)c(C)c1. The average Bonchev–Trinajstić information content (AvgIpc) is 2.46. The number of nitrogens with zero attached hydrogens (tertiary/aromatic N) is 2. The number of hydrogen-bond acceptors (Lipinski definition) is 3. The van der Waals surface area contributed by atoms with Crippen LogP contribution >= 0.6 is 0 Å². The van der Waals surface area contributed by atoms with Gasteiger partial charge >= 0.3 is 0 Å². The van der Waals surface area contributed by atoms with Crippen LogP contribution in [0, 0.1) is 13.8 Å². The lowest BCUT2D eigenvalue weighted by Gasteiger charge is -2.08. The highest BCUT2D eigenvalue weighted by atomic mass is 19.1. The molecule has 0 fully saturated rings. The molecular formula is C17H21FN2O. The van der Waals surface area contributed by atoms with Gasteiger partial charge in [0.1, 0.15) is 6.17 Å². The predicted octanol–water partition coefficient (Wildman–Crippen LogP) is 3.62. The molecule has 4 heteroatoms. The van der Waals surface area contributed by atoms with E-state index in [1.54, 1.807) is 14.0 Å². The van der Waals surface area contributed by atoms with E-state index in [-0.39, 0.29) is 0 Å². The van der Waals surface area contributed by atoms with E-state index < -0.39 is 6.17 Å². The van der Waals surface area contributed by atoms with Gasteiger partial charge < -0.3 is 0 Å². The molecule has 1 aromatic carbocycles. The first-order valence-electron chi connectivity index (χ1n) is 6.79. The van der Waals surface area contributed by atoms with Crippen molar-refractivity contribution in [1.82, 2.24) is 0 Å². The highest BCUT2D eigenvalue weighted by Gasteiger charge is 2.10. The summed E-state index contributed by atoms with van der Waals surface area (Å²) >= 11 is 0. The zero-order chi connectivity index (χ0) is 16.0. The number of benzene rings is 1. The first kappa shape index (κ1) is 17.0. The average molecular weight is 288 g/mol. The van der Waals surface area contributed by atoms with E-state index in [0.29, 0.717) is 23.3 Å². The number of rotatable bonds is 5.